The fourth-order valence-electron chi connectivity index (χ4n) is 2.90. The molecular weight excluding hydrogens is 428 g/mol. The number of rotatable bonds is 9. The number of amides is 1. The van der Waals surface area contributed by atoms with Gasteiger partial charge in [-0.1, -0.05) is 17.7 Å². The molecule has 0 heterocycles. The number of nitrogens with zero attached hydrogens (tertiary/aromatic N) is 1. The van der Waals surface area contributed by atoms with Crippen molar-refractivity contribution in [2.45, 2.75) is 26.8 Å². The first kappa shape index (κ1) is 23.8. The van der Waals surface area contributed by atoms with Gasteiger partial charge in [0.15, 0.2) is 0 Å². The van der Waals surface area contributed by atoms with Crippen molar-refractivity contribution in [3.8, 4) is 11.5 Å². The minimum Gasteiger partial charge on any atom is -0.495 e. The zero-order chi connectivity index (χ0) is 22.5. The minimum absolute atomic E-state index is 0.233. The first-order chi connectivity index (χ1) is 14.0. The molecule has 0 aliphatic heterocycles. The Balaban J connectivity index is 2.03. The number of carbonyl (C=O) groups is 1. The van der Waals surface area contributed by atoms with E-state index in [4.69, 9.17) is 21.1 Å². The molecule has 0 fully saturated rings. The molecule has 7 nitrogen and oxygen atoms in total. The van der Waals surface area contributed by atoms with Crippen LogP contribution in [0.25, 0.3) is 0 Å². The number of nitrogens with one attached hydrogen (secondary N) is 1. The van der Waals surface area contributed by atoms with Crippen LogP contribution < -0.4 is 19.1 Å². The van der Waals surface area contributed by atoms with E-state index in [-0.39, 0.29) is 23.9 Å². The highest BCUT2D eigenvalue weighted by molar-refractivity contribution is 7.92. The van der Waals surface area contributed by atoms with E-state index in [1.54, 1.807) is 12.1 Å². The van der Waals surface area contributed by atoms with Gasteiger partial charge < -0.3 is 14.8 Å². The molecule has 0 saturated heterocycles. The third kappa shape index (κ3) is 6.03. The normalized spacial score (nSPS) is 12.2. The largest absolute Gasteiger partial charge is 0.495 e. The summed E-state index contributed by atoms with van der Waals surface area (Å²) in [5.74, 6) is 0.677. The van der Waals surface area contributed by atoms with E-state index in [0.29, 0.717) is 11.5 Å². The van der Waals surface area contributed by atoms with Crippen molar-refractivity contribution >= 4 is 33.2 Å². The van der Waals surface area contributed by atoms with Gasteiger partial charge in [-0.05, 0) is 62.2 Å². The van der Waals surface area contributed by atoms with Gasteiger partial charge in [0.25, 0.3) is 0 Å². The van der Waals surface area contributed by atoms with E-state index in [9.17, 15) is 13.2 Å². The van der Waals surface area contributed by atoms with E-state index in [2.05, 4.69) is 5.32 Å². The van der Waals surface area contributed by atoms with E-state index >= 15 is 0 Å². The van der Waals surface area contributed by atoms with Crippen LogP contribution in [0.1, 0.15) is 18.1 Å². The maximum atomic E-state index is 12.6. The summed E-state index contributed by atoms with van der Waals surface area (Å²) in [5, 5.41) is 2.96. The monoisotopic (exact) mass is 454 g/mol. The molecule has 0 saturated carbocycles. The summed E-state index contributed by atoms with van der Waals surface area (Å²) in [7, 11) is -2.28. The molecule has 1 unspecified atom stereocenters. The zero-order valence-corrected chi connectivity index (χ0v) is 19.3. The van der Waals surface area contributed by atoms with Crippen LogP contribution in [-0.2, 0) is 14.8 Å². The smallest absolute Gasteiger partial charge is 0.243 e. The van der Waals surface area contributed by atoms with Crippen molar-refractivity contribution in [1.82, 2.24) is 5.32 Å². The molecule has 1 atom stereocenters. The SMILES string of the molecule is COc1ccc(N(C(C)C(=O)NCCOc2ccc(C)c(C)c2)S(C)(=O)=O)cc1Cl. The predicted octanol–water partition coefficient (Wildman–Crippen LogP) is 3.32. The standard InChI is InChI=1S/C21H27ClN2O5S/c1-14-6-8-18(12-15(14)2)29-11-10-23-21(25)16(3)24(30(5,26)27)17-7-9-20(28-4)19(22)13-17/h6-9,12-13,16H,10-11H2,1-5H3,(H,23,25). The highest BCUT2D eigenvalue weighted by Crippen LogP contribution is 2.31. The van der Waals surface area contributed by atoms with Crippen LogP contribution in [0.5, 0.6) is 11.5 Å². The lowest BCUT2D eigenvalue weighted by molar-refractivity contribution is -0.121. The number of aryl methyl sites for hydroxylation is 2. The highest BCUT2D eigenvalue weighted by atomic mass is 35.5. The Bertz CT molecular complexity index is 1010. The predicted molar refractivity (Wildman–Crippen MR) is 119 cm³/mol. The van der Waals surface area contributed by atoms with Gasteiger partial charge in [-0.15, -0.1) is 0 Å². The first-order valence-electron chi connectivity index (χ1n) is 9.35. The third-order valence-electron chi connectivity index (χ3n) is 4.63. The first-order valence-corrected chi connectivity index (χ1v) is 11.6. The maximum absolute atomic E-state index is 12.6. The van der Waals surface area contributed by atoms with Crippen LogP contribution >= 0.6 is 11.6 Å². The lowest BCUT2D eigenvalue weighted by Gasteiger charge is -2.28. The van der Waals surface area contributed by atoms with E-state index < -0.39 is 22.0 Å². The van der Waals surface area contributed by atoms with Gasteiger partial charge >= 0.3 is 0 Å². The average Bonchev–Trinajstić information content (AvgIpc) is 2.67. The third-order valence-corrected chi connectivity index (χ3v) is 6.16. The van der Waals surface area contributed by atoms with Crippen molar-refractivity contribution in [1.29, 1.82) is 0 Å². The Kier molecular flexibility index (Phi) is 7.97. The van der Waals surface area contributed by atoms with Gasteiger partial charge in [0.1, 0.15) is 24.1 Å². The number of hydrogen-bond acceptors (Lipinski definition) is 5. The minimum atomic E-state index is -3.74. The number of sulfonamides is 1. The molecule has 2 aromatic carbocycles. The molecule has 0 aliphatic rings. The van der Waals surface area contributed by atoms with E-state index in [1.807, 2.05) is 32.0 Å². The van der Waals surface area contributed by atoms with Crippen LogP contribution in [-0.4, -0.2) is 46.9 Å². The number of methoxy groups -OCH3 is 1. The fourth-order valence-corrected chi connectivity index (χ4v) is 4.31. The Morgan fingerprint density at radius 2 is 1.87 bits per heavy atom. The second-order valence-electron chi connectivity index (χ2n) is 6.94. The molecule has 1 amide bonds. The van der Waals surface area contributed by atoms with Gasteiger partial charge in [0.2, 0.25) is 15.9 Å². The molecule has 2 rings (SSSR count). The van der Waals surface area contributed by atoms with Crippen molar-refractivity contribution in [2.75, 3.05) is 30.8 Å². The summed E-state index contributed by atoms with van der Waals surface area (Å²) >= 11 is 6.13. The summed E-state index contributed by atoms with van der Waals surface area (Å²) in [6, 6.07) is 9.33. The zero-order valence-electron chi connectivity index (χ0n) is 17.7. The van der Waals surface area contributed by atoms with Crippen LogP contribution in [0.4, 0.5) is 5.69 Å². The van der Waals surface area contributed by atoms with Crippen molar-refractivity contribution in [3.63, 3.8) is 0 Å². The Morgan fingerprint density at radius 3 is 2.43 bits per heavy atom. The molecule has 2 aromatic rings. The van der Waals surface area contributed by atoms with Gasteiger partial charge in [-0.3, -0.25) is 9.10 Å². The number of hydrogen-bond donors (Lipinski definition) is 1. The molecule has 0 aromatic heterocycles. The number of halogens is 1. The van der Waals surface area contributed by atoms with Crippen LogP contribution in [0.3, 0.4) is 0 Å². The lowest BCUT2D eigenvalue weighted by Crippen LogP contribution is -2.48. The van der Waals surface area contributed by atoms with Gasteiger partial charge in [-0.25, -0.2) is 8.42 Å². The molecule has 9 heteroatoms. The topological polar surface area (TPSA) is 84.9 Å². The number of anilines is 1. The fraction of sp³-hybridized carbons (Fsp3) is 0.381. The summed E-state index contributed by atoms with van der Waals surface area (Å²) < 4.78 is 36.5. The molecule has 164 valence electrons. The highest BCUT2D eigenvalue weighted by Gasteiger charge is 2.29. The van der Waals surface area contributed by atoms with Crippen LogP contribution in [0, 0.1) is 13.8 Å². The second-order valence-corrected chi connectivity index (χ2v) is 9.21. The average molecular weight is 455 g/mol. The summed E-state index contributed by atoms with van der Waals surface area (Å²) in [6.07, 6.45) is 1.04. The molecular formula is C21H27ClN2O5S. The van der Waals surface area contributed by atoms with E-state index in [1.165, 1.54) is 25.7 Å². The summed E-state index contributed by atoms with van der Waals surface area (Å²) in [6.45, 7) is 6.02. The quantitative estimate of drug-likeness (QED) is 0.587. The number of carbonyl (C=O) groups excluding carboxylic acids is 1. The van der Waals surface area contributed by atoms with E-state index in [0.717, 1.165) is 16.1 Å². The van der Waals surface area contributed by atoms with Crippen molar-refractivity contribution in [3.05, 3.63) is 52.5 Å². The molecule has 0 aliphatic carbocycles. The summed E-state index contributed by atoms with van der Waals surface area (Å²) in [5.41, 5.74) is 2.56. The molecule has 1 N–H and O–H groups in total. The van der Waals surface area contributed by atoms with Gasteiger partial charge in [0.05, 0.1) is 30.6 Å². The van der Waals surface area contributed by atoms with Crippen molar-refractivity contribution in [2.24, 2.45) is 0 Å². The Labute approximate surface area is 183 Å². The maximum Gasteiger partial charge on any atom is 0.243 e. The summed E-state index contributed by atoms with van der Waals surface area (Å²) in [4.78, 5) is 12.6. The molecule has 0 bridgehead atoms. The van der Waals surface area contributed by atoms with Crippen LogP contribution in [0.2, 0.25) is 5.02 Å². The molecule has 0 radical (unpaired) electrons. The number of benzene rings is 2. The van der Waals surface area contributed by atoms with Crippen LogP contribution in [0.15, 0.2) is 36.4 Å². The molecule has 0 spiro atoms. The molecule has 30 heavy (non-hydrogen) atoms. The Hall–Kier alpha value is -2.45. The number of ether oxygens (including phenoxy) is 2. The van der Waals surface area contributed by atoms with Crippen molar-refractivity contribution < 1.29 is 22.7 Å². The second kappa shape index (κ2) is 10.0. The van der Waals surface area contributed by atoms with Gasteiger partial charge in [-0.2, -0.15) is 0 Å². The lowest BCUT2D eigenvalue weighted by atomic mass is 10.1. The van der Waals surface area contributed by atoms with Gasteiger partial charge in [0, 0.05) is 0 Å². The Morgan fingerprint density at radius 1 is 1.17 bits per heavy atom.